The lowest BCUT2D eigenvalue weighted by molar-refractivity contribution is 0.187. The van der Waals surface area contributed by atoms with Crippen LogP contribution in [0.15, 0.2) is 18.2 Å². The van der Waals surface area contributed by atoms with Crippen molar-refractivity contribution in [3.63, 3.8) is 0 Å². The van der Waals surface area contributed by atoms with Gasteiger partial charge in [-0.05, 0) is 56.3 Å². The first-order valence-electron chi connectivity index (χ1n) is 8.55. The van der Waals surface area contributed by atoms with Crippen molar-refractivity contribution in [3.05, 3.63) is 29.3 Å². The van der Waals surface area contributed by atoms with Crippen LogP contribution in [0.25, 0.3) is 0 Å². The van der Waals surface area contributed by atoms with E-state index in [1.165, 1.54) is 30.4 Å². The van der Waals surface area contributed by atoms with Gasteiger partial charge in [0.05, 0.1) is 0 Å². The summed E-state index contributed by atoms with van der Waals surface area (Å²) in [6.45, 7) is 11.2. The fourth-order valence-corrected chi connectivity index (χ4v) is 3.24. The summed E-state index contributed by atoms with van der Waals surface area (Å²) in [5, 5.41) is 3.62. The second-order valence-electron chi connectivity index (χ2n) is 7.00. The molecule has 0 fully saturated rings. The van der Waals surface area contributed by atoms with Crippen LogP contribution in [0.4, 0.5) is 0 Å². The number of aryl methyl sites for hydroxylation is 1. The second kappa shape index (κ2) is 7.84. The molecular formula is C19H31NO. The van der Waals surface area contributed by atoms with Gasteiger partial charge in [-0.2, -0.15) is 0 Å². The quantitative estimate of drug-likeness (QED) is 0.768. The van der Waals surface area contributed by atoms with E-state index >= 15 is 0 Å². The molecule has 0 saturated carbocycles. The van der Waals surface area contributed by atoms with Gasteiger partial charge in [-0.3, -0.25) is 0 Å². The summed E-state index contributed by atoms with van der Waals surface area (Å²) in [4.78, 5) is 0. The zero-order valence-electron chi connectivity index (χ0n) is 14.1. The molecule has 1 aliphatic heterocycles. The monoisotopic (exact) mass is 289 g/mol. The SMILES string of the molecule is CCCC(CNCC(C)C)CC1Cc2cc(C)ccc2O1. The normalized spacial score (nSPS) is 18.6. The average molecular weight is 289 g/mol. The second-order valence-corrected chi connectivity index (χ2v) is 7.00. The van der Waals surface area contributed by atoms with Crippen LogP contribution in [0.3, 0.4) is 0 Å². The number of rotatable bonds is 8. The smallest absolute Gasteiger partial charge is 0.123 e. The van der Waals surface area contributed by atoms with E-state index in [1.807, 2.05) is 0 Å². The van der Waals surface area contributed by atoms with Crippen LogP contribution < -0.4 is 10.1 Å². The Bertz CT molecular complexity index is 441. The zero-order chi connectivity index (χ0) is 15.2. The third kappa shape index (κ3) is 5.03. The Labute approximate surface area is 130 Å². The van der Waals surface area contributed by atoms with E-state index in [1.54, 1.807) is 0 Å². The Morgan fingerprint density at radius 1 is 1.29 bits per heavy atom. The van der Waals surface area contributed by atoms with Crippen LogP contribution in [-0.4, -0.2) is 19.2 Å². The maximum absolute atomic E-state index is 6.14. The highest BCUT2D eigenvalue weighted by atomic mass is 16.5. The number of ether oxygens (including phenoxy) is 1. The van der Waals surface area contributed by atoms with Crippen molar-refractivity contribution in [1.82, 2.24) is 5.32 Å². The van der Waals surface area contributed by atoms with E-state index in [2.05, 4.69) is 51.2 Å². The minimum absolute atomic E-state index is 0.374. The van der Waals surface area contributed by atoms with Crippen molar-refractivity contribution in [3.8, 4) is 5.75 Å². The molecular weight excluding hydrogens is 258 g/mol. The van der Waals surface area contributed by atoms with Gasteiger partial charge >= 0.3 is 0 Å². The third-order valence-corrected chi connectivity index (χ3v) is 4.24. The first kappa shape index (κ1) is 16.4. The minimum Gasteiger partial charge on any atom is -0.490 e. The zero-order valence-corrected chi connectivity index (χ0v) is 14.1. The number of hydrogen-bond acceptors (Lipinski definition) is 2. The minimum atomic E-state index is 0.374. The van der Waals surface area contributed by atoms with Gasteiger partial charge in [0.2, 0.25) is 0 Å². The number of nitrogens with one attached hydrogen (secondary N) is 1. The van der Waals surface area contributed by atoms with E-state index in [9.17, 15) is 0 Å². The first-order valence-corrected chi connectivity index (χ1v) is 8.55. The van der Waals surface area contributed by atoms with E-state index in [-0.39, 0.29) is 0 Å². The molecule has 2 unspecified atom stereocenters. The molecule has 21 heavy (non-hydrogen) atoms. The summed E-state index contributed by atoms with van der Waals surface area (Å²) in [6, 6.07) is 6.56. The van der Waals surface area contributed by atoms with Gasteiger partial charge in [0, 0.05) is 6.42 Å². The summed E-state index contributed by atoms with van der Waals surface area (Å²) >= 11 is 0. The molecule has 0 aromatic heterocycles. The largest absolute Gasteiger partial charge is 0.490 e. The van der Waals surface area contributed by atoms with E-state index in [0.717, 1.165) is 37.1 Å². The van der Waals surface area contributed by atoms with Crippen LogP contribution in [0.5, 0.6) is 5.75 Å². The first-order chi connectivity index (χ1) is 10.1. The topological polar surface area (TPSA) is 21.3 Å². The molecule has 0 radical (unpaired) electrons. The Morgan fingerprint density at radius 2 is 2.10 bits per heavy atom. The molecule has 118 valence electrons. The number of benzene rings is 1. The molecule has 2 nitrogen and oxygen atoms in total. The Morgan fingerprint density at radius 3 is 2.81 bits per heavy atom. The van der Waals surface area contributed by atoms with Gasteiger partial charge in [-0.15, -0.1) is 0 Å². The summed E-state index contributed by atoms with van der Waals surface area (Å²) < 4.78 is 6.14. The highest BCUT2D eigenvalue weighted by Gasteiger charge is 2.25. The molecule has 2 heteroatoms. The van der Waals surface area contributed by atoms with Crippen molar-refractivity contribution >= 4 is 0 Å². The van der Waals surface area contributed by atoms with E-state index in [4.69, 9.17) is 4.74 Å². The van der Waals surface area contributed by atoms with Crippen molar-refractivity contribution < 1.29 is 4.74 Å². The van der Waals surface area contributed by atoms with Gasteiger partial charge in [0.15, 0.2) is 0 Å². The molecule has 1 aliphatic rings. The summed E-state index contributed by atoms with van der Waals surface area (Å²) in [5.74, 6) is 2.56. The lowest BCUT2D eigenvalue weighted by atomic mass is 9.94. The maximum Gasteiger partial charge on any atom is 0.123 e. The average Bonchev–Trinajstić information content (AvgIpc) is 2.79. The van der Waals surface area contributed by atoms with Crippen LogP contribution in [0.2, 0.25) is 0 Å². The molecule has 2 atom stereocenters. The lowest BCUT2D eigenvalue weighted by Crippen LogP contribution is -2.29. The Balaban J connectivity index is 1.84. The molecule has 1 N–H and O–H groups in total. The van der Waals surface area contributed by atoms with Crippen molar-refractivity contribution in [2.24, 2.45) is 11.8 Å². The standard InChI is InChI=1S/C19H31NO/c1-5-6-16(13-20-12-14(2)3)10-18-11-17-9-15(4)7-8-19(17)21-18/h7-9,14,16,18,20H,5-6,10-13H2,1-4H3. The molecule has 0 saturated heterocycles. The van der Waals surface area contributed by atoms with Crippen molar-refractivity contribution in [2.75, 3.05) is 13.1 Å². The summed E-state index contributed by atoms with van der Waals surface area (Å²) in [6.07, 6.45) is 5.18. The summed E-state index contributed by atoms with van der Waals surface area (Å²) in [5.41, 5.74) is 2.73. The molecule has 1 aromatic carbocycles. The fourth-order valence-electron chi connectivity index (χ4n) is 3.24. The molecule has 0 aliphatic carbocycles. The molecule has 0 amide bonds. The van der Waals surface area contributed by atoms with Gasteiger partial charge in [-0.1, -0.05) is 44.9 Å². The fraction of sp³-hybridized carbons (Fsp3) is 0.684. The number of fused-ring (bicyclic) bond motifs is 1. The maximum atomic E-state index is 6.14. The van der Waals surface area contributed by atoms with Gasteiger partial charge in [0.1, 0.15) is 11.9 Å². The third-order valence-electron chi connectivity index (χ3n) is 4.24. The number of hydrogen-bond donors (Lipinski definition) is 1. The molecule has 1 heterocycles. The van der Waals surface area contributed by atoms with E-state index in [0.29, 0.717) is 6.10 Å². The van der Waals surface area contributed by atoms with E-state index < -0.39 is 0 Å². The highest BCUT2D eigenvalue weighted by Crippen LogP contribution is 2.32. The molecule has 2 rings (SSSR count). The van der Waals surface area contributed by atoms with Gasteiger partial charge in [0.25, 0.3) is 0 Å². The van der Waals surface area contributed by atoms with Crippen LogP contribution >= 0.6 is 0 Å². The van der Waals surface area contributed by atoms with Gasteiger partial charge in [-0.25, -0.2) is 0 Å². The van der Waals surface area contributed by atoms with Crippen LogP contribution in [0.1, 0.15) is 51.2 Å². The lowest BCUT2D eigenvalue weighted by Gasteiger charge is -2.21. The predicted molar refractivity (Wildman–Crippen MR) is 90.0 cm³/mol. The molecule has 0 spiro atoms. The van der Waals surface area contributed by atoms with Crippen molar-refractivity contribution in [1.29, 1.82) is 0 Å². The van der Waals surface area contributed by atoms with Crippen LogP contribution in [0, 0.1) is 18.8 Å². The Kier molecular flexibility index (Phi) is 6.10. The predicted octanol–water partition coefficient (Wildman–Crippen LogP) is 4.35. The highest BCUT2D eigenvalue weighted by molar-refractivity contribution is 5.40. The molecule has 0 bridgehead atoms. The molecule has 1 aromatic rings. The summed E-state index contributed by atoms with van der Waals surface area (Å²) in [7, 11) is 0. The Hall–Kier alpha value is -1.02. The van der Waals surface area contributed by atoms with Crippen LogP contribution in [-0.2, 0) is 6.42 Å². The van der Waals surface area contributed by atoms with Gasteiger partial charge < -0.3 is 10.1 Å². The van der Waals surface area contributed by atoms with Crippen molar-refractivity contribution in [2.45, 2.75) is 59.5 Å².